The van der Waals surface area contributed by atoms with Gasteiger partial charge in [0.15, 0.2) is 4.87 Å². The second-order valence-corrected chi connectivity index (χ2v) is 7.19. The molecule has 118 valence electrons. The molecule has 9 heteroatoms. The van der Waals surface area contributed by atoms with Crippen LogP contribution < -0.4 is 0 Å². The molecule has 1 heterocycles. The lowest BCUT2D eigenvalue weighted by Crippen LogP contribution is -2.59. The van der Waals surface area contributed by atoms with Crippen LogP contribution in [0.15, 0.2) is 10.1 Å². The lowest BCUT2D eigenvalue weighted by Gasteiger charge is -2.42. The summed E-state index contributed by atoms with van der Waals surface area (Å²) in [4.78, 5) is 9.09. The van der Waals surface area contributed by atoms with Crippen molar-refractivity contribution in [2.24, 2.45) is 11.8 Å². The highest BCUT2D eigenvalue weighted by atomic mass is 35.5. The quantitative estimate of drug-likeness (QED) is 0.461. The van der Waals surface area contributed by atoms with E-state index in [9.17, 15) is 9.90 Å². The molecular formula is C12H12Cl4O5. The van der Waals surface area contributed by atoms with Crippen molar-refractivity contribution in [2.45, 2.75) is 21.6 Å². The van der Waals surface area contributed by atoms with E-state index in [0.29, 0.717) is 0 Å². The van der Waals surface area contributed by atoms with Gasteiger partial charge in [-0.2, -0.15) is 0 Å². The summed E-state index contributed by atoms with van der Waals surface area (Å²) in [5.74, 6) is -3.90. The standard InChI is InChI=1S/C12H12Cl4O5/c1-19-12(20-2)10(15)5-4(3-17)21-9(18)6(5)11(12,16)8(14)7(10)13/h4-6,17H,3H2,1-2H3/t4-,5+,6+,10+,11+/m1/s1. The maximum atomic E-state index is 12.2. The third-order valence-electron chi connectivity index (χ3n) is 4.71. The molecule has 0 amide bonds. The molecule has 0 unspecified atom stereocenters. The van der Waals surface area contributed by atoms with Crippen LogP contribution in [0.5, 0.6) is 0 Å². The largest absolute Gasteiger partial charge is 0.459 e. The van der Waals surface area contributed by atoms with Gasteiger partial charge in [0.2, 0.25) is 5.79 Å². The van der Waals surface area contributed by atoms with Gasteiger partial charge in [-0.15, -0.1) is 23.2 Å². The second-order valence-electron chi connectivity index (χ2n) is 5.24. The molecule has 0 aromatic rings. The van der Waals surface area contributed by atoms with Crippen molar-refractivity contribution in [2.75, 3.05) is 20.8 Å². The minimum atomic E-state index is -1.64. The van der Waals surface area contributed by atoms with E-state index < -0.39 is 46.1 Å². The number of hydrogen-bond acceptors (Lipinski definition) is 5. The van der Waals surface area contributed by atoms with E-state index in [-0.39, 0.29) is 10.1 Å². The highest BCUT2D eigenvalue weighted by molar-refractivity contribution is 6.52. The summed E-state index contributed by atoms with van der Waals surface area (Å²) in [7, 11) is 2.69. The van der Waals surface area contributed by atoms with Crippen LogP contribution in [0.4, 0.5) is 0 Å². The third kappa shape index (κ3) is 1.37. The molecule has 0 aromatic carbocycles. The molecule has 2 bridgehead atoms. The van der Waals surface area contributed by atoms with Crippen LogP contribution in [-0.2, 0) is 19.0 Å². The Labute approximate surface area is 141 Å². The van der Waals surface area contributed by atoms with Gasteiger partial charge in [-0.1, -0.05) is 23.2 Å². The van der Waals surface area contributed by atoms with Crippen LogP contribution in [0.3, 0.4) is 0 Å². The summed E-state index contributed by atoms with van der Waals surface area (Å²) >= 11 is 26.0. The van der Waals surface area contributed by atoms with Crippen LogP contribution in [0.1, 0.15) is 0 Å². The van der Waals surface area contributed by atoms with E-state index in [1.54, 1.807) is 0 Å². The Morgan fingerprint density at radius 1 is 1.19 bits per heavy atom. The number of alkyl halides is 2. The van der Waals surface area contributed by atoms with Gasteiger partial charge in [-0.05, 0) is 0 Å². The number of carbonyl (C=O) groups excluding carboxylic acids is 1. The van der Waals surface area contributed by atoms with Gasteiger partial charge in [-0.25, -0.2) is 0 Å². The maximum Gasteiger partial charge on any atom is 0.312 e. The normalized spacial score (nSPS) is 47.0. The Morgan fingerprint density at radius 3 is 2.19 bits per heavy atom. The fourth-order valence-corrected chi connectivity index (χ4v) is 6.18. The van der Waals surface area contributed by atoms with Crippen molar-refractivity contribution >= 4 is 52.4 Å². The van der Waals surface area contributed by atoms with Crippen molar-refractivity contribution < 1.29 is 24.1 Å². The minimum Gasteiger partial charge on any atom is -0.459 e. The molecule has 1 N–H and O–H groups in total. The molecule has 1 aliphatic heterocycles. The minimum absolute atomic E-state index is 0.00123. The van der Waals surface area contributed by atoms with E-state index in [4.69, 9.17) is 60.6 Å². The van der Waals surface area contributed by atoms with E-state index in [0.717, 1.165) is 0 Å². The predicted octanol–water partition coefficient (Wildman–Crippen LogP) is 1.80. The first-order chi connectivity index (χ1) is 9.77. The van der Waals surface area contributed by atoms with Crippen LogP contribution in [0.25, 0.3) is 0 Å². The van der Waals surface area contributed by atoms with Crippen LogP contribution in [0, 0.1) is 11.8 Å². The molecule has 3 rings (SSSR count). The number of fused-ring (bicyclic) bond motifs is 5. The van der Waals surface area contributed by atoms with Gasteiger partial charge in [0.05, 0.1) is 22.6 Å². The van der Waals surface area contributed by atoms with Gasteiger partial charge in [0, 0.05) is 20.1 Å². The molecule has 1 saturated carbocycles. The number of aliphatic hydroxyl groups excluding tert-OH is 1. The van der Waals surface area contributed by atoms with E-state index in [1.165, 1.54) is 14.2 Å². The predicted molar refractivity (Wildman–Crippen MR) is 76.6 cm³/mol. The van der Waals surface area contributed by atoms with Crippen LogP contribution >= 0.6 is 46.4 Å². The maximum absolute atomic E-state index is 12.2. The number of halogens is 4. The molecule has 2 aliphatic carbocycles. The van der Waals surface area contributed by atoms with Gasteiger partial charge < -0.3 is 19.3 Å². The Bertz CT molecular complexity index is 548. The van der Waals surface area contributed by atoms with Crippen molar-refractivity contribution in [1.82, 2.24) is 0 Å². The zero-order valence-corrected chi connectivity index (χ0v) is 14.1. The van der Waals surface area contributed by atoms with Gasteiger partial charge in [0.1, 0.15) is 11.0 Å². The van der Waals surface area contributed by atoms with Crippen LogP contribution in [0.2, 0.25) is 0 Å². The number of cyclic esters (lactones) is 1. The van der Waals surface area contributed by atoms with Gasteiger partial charge in [0.25, 0.3) is 0 Å². The van der Waals surface area contributed by atoms with Gasteiger partial charge >= 0.3 is 5.97 Å². The number of ether oxygens (including phenoxy) is 3. The van der Waals surface area contributed by atoms with Crippen molar-refractivity contribution in [3.63, 3.8) is 0 Å². The Kier molecular flexibility index (Phi) is 3.56. The van der Waals surface area contributed by atoms with Crippen molar-refractivity contribution in [3.05, 3.63) is 10.1 Å². The summed E-state index contributed by atoms with van der Waals surface area (Å²) in [5, 5.41) is 9.52. The molecule has 0 spiro atoms. The molecule has 3 aliphatic rings. The summed E-state index contributed by atoms with van der Waals surface area (Å²) in [6, 6.07) is 0. The fourth-order valence-electron chi connectivity index (χ4n) is 3.96. The lowest BCUT2D eigenvalue weighted by atomic mass is 9.81. The summed E-state index contributed by atoms with van der Waals surface area (Å²) in [5.41, 5.74) is 0. The molecule has 21 heavy (non-hydrogen) atoms. The average molecular weight is 378 g/mol. The van der Waals surface area contributed by atoms with Gasteiger partial charge in [-0.3, -0.25) is 4.79 Å². The highest BCUT2D eigenvalue weighted by Crippen LogP contribution is 2.75. The first-order valence-electron chi connectivity index (χ1n) is 6.13. The number of aliphatic hydroxyl groups is 1. The number of hydrogen-bond donors (Lipinski definition) is 1. The number of esters is 1. The average Bonchev–Trinajstić information content (AvgIpc) is 2.94. The zero-order chi connectivity index (χ0) is 15.8. The first-order valence-corrected chi connectivity index (χ1v) is 7.64. The van der Waals surface area contributed by atoms with E-state index in [2.05, 4.69) is 0 Å². The molecule has 5 atom stereocenters. The summed E-state index contributed by atoms with van der Waals surface area (Å²) in [6.45, 7) is -0.417. The summed E-state index contributed by atoms with van der Waals surface area (Å²) in [6.07, 6.45) is -0.858. The molecule has 1 saturated heterocycles. The lowest BCUT2D eigenvalue weighted by molar-refractivity contribution is -0.225. The molecule has 0 radical (unpaired) electrons. The number of methoxy groups -OCH3 is 2. The topological polar surface area (TPSA) is 65.0 Å². The Balaban J connectivity index is 2.32. The Morgan fingerprint density at radius 2 is 1.71 bits per heavy atom. The van der Waals surface area contributed by atoms with Crippen molar-refractivity contribution in [1.29, 1.82) is 0 Å². The Hall–Kier alpha value is 0.250. The highest BCUT2D eigenvalue weighted by Gasteiger charge is 2.89. The fraction of sp³-hybridized carbons (Fsp3) is 0.750. The third-order valence-corrected chi connectivity index (χ3v) is 7.34. The second kappa shape index (κ2) is 4.63. The van der Waals surface area contributed by atoms with Crippen molar-refractivity contribution in [3.8, 4) is 0 Å². The first kappa shape index (κ1) is 16.1. The zero-order valence-electron chi connectivity index (χ0n) is 11.0. The SMILES string of the molecule is COC1(OC)[C@@]2(Cl)C(Cl)=C(Cl)[C@@]1(Cl)[C@@H]1C(=O)O[C@H](CO)[C@@H]12. The van der Waals surface area contributed by atoms with E-state index in [1.807, 2.05) is 0 Å². The molecular weight excluding hydrogens is 366 g/mol. The number of rotatable bonds is 3. The van der Waals surface area contributed by atoms with Crippen LogP contribution in [-0.4, -0.2) is 53.5 Å². The molecule has 2 fully saturated rings. The molecule has 5 nitrogen and oxygen atoms in total. The monoisotopic (exact) mass is 376 g/mol. The number of carbonyl (C=O) groups is 1. The van der Waals surface area contributed by atoms with E-state index >= 15 is 0 Å². The summed E-state index contributed by atoms with van der Waals surface area (Å²) < 4.78 is 16.1. The smallest absolute Gasteiger partial charge is 0.312 e. The molecule has 0 aromatic heterocycles.